The summed E-state index contributed by atoms with van der Waals surface area (Å²) in [6.45, 7) is 3.84. The van der Waals surface area contributed by atoms with Crippen LogP contribution >= 0.6 is 0 Å². The number of piperidine rings is 1. The number of carbonyl (C=O) groups excluding carboxylic acids is 2. The van der Waals surface area contributed by atoms with Crippen LogP contribution in [0, 0.1) is 13.8 Å². The van der Waals surface area contributed by atoms with Crippen molar-refractivity contribution >= 4 is 33.5 Å². The van der Waals surface area contributed by atoms with Crippen LogP contribution in [0.25, 0.3) is 0 Å². The zero-order chi connectivity index (χ0) is 29.5. The highest BCUT2D eigenvalue weighted by Gasteiger charge is 2.47. The summed E-state index contributed by atoms with van der Waals surface area (Å²) in [6, 6.07) is 8.10. The minimum Gasteiger partial charge on any atom is -0.406 e. The van der Waals surface area contributed by atoms with Crippen LogP contribution in [0.15, 0.2) is 41.4 Å². The number of aryl methyl sites for hydroxylation is 2. The van der Waals surface area contributed by atoms with Crippen molar-refractivity contribution in [1.29, 1.82) is 0 Å². The molecule has 2 aromatic rings. The Hall–Kier alpha value is -3.65. The van der Waals surface area contributed by atoms with E-state index in [4.69, 9.17) is 5.73 Å². The Bertz CT molecular complexity index is 1440. The summed E-state index contributed by atoms with van der Waals surface area (Å²) >= 11 is 0. The number of ether oxygens (including phenoxy) is 1. The zero-order valence-corrected chi connectivity index (χ0v) is 23.0. The number of urea groups is 1. The van der Waals surface area contributed by atoms with Gasteiger partial charge in [-0.1, -0.05) is 12.1 Å². The van der Waals surface area contributed by atoms with Gasteiger partial charge < -0.3 is 15.8 Å². The normalized spacial score (nSPS) is 17.4. The largest absolute Gasteiger partial charge is 0.573 e. The quantitative estimate of drug-likeness (QED) is 0.519. The number of amides is 3. The van der Waals surface area contributed by atoms with Crippen molar-refractivity contribution in [2.45, 2.75) is 45.0 Å². The molecule has 3 amide bonds. The number of carbonyl (C=O) groups is 2. The van der Waals surface area contributed by atoms with Crippen molar-refractivity contribution in [3.63, 3.8) is 0 Å². The van der Waals surface area contributed by atoms with E-state index in [1.54, 1.807) is 19.2 Å². The maximum Gasteiger partial charge on any atom is 0.573 e. The lowest BCUT2D eigenvalue weighted by Crippen LogP contribution is -2.50. The zero-order valence-electron chi connectivity index (χ0n) is 22.2. The molecule has 1 spiro atoms. The van der Waals surface area contributed by atoms with Crippen LogP contribution in [0.2, 0.25) is 0 Å². The van der Waals surface area contributed by atoms with Gasteiger partial charge in [0.25, 0.3) is 5.91 Å². The van der Waals surface area contributed by atoms with Crippen molar-refractivity contribution in [3.8, 4) is 5.75 Å². The summed E-state index contributed by atoms with van der Waals surface area (Å²) in [4.78, 5) is 30.2. The molecular weight excluding hydrogens is 551 g/mol. The molecule has 0 aromatic heterocycles. The number of benzene rings is 2. The Balaban J connectivity index is 1.43. The molecule has 0 atom stereocenters. The smallest absolute Gasteiger partial charge is 0.406 e. The fourth-order valence-corrected chi connectivity index (χ4v) is 6.47. The van der Waals surface area contributed by atoms with Gasteiger partial charge in [0.15, 0.2) is 0 Å². The Morgan fingerprint density at radius 1 is 1.18 bits per heavy atom. The highest BCUT2D eigenvalue weighted by atomic mass is 32.2. The first-order valence-electron chi connectivity index (χ1n) is 12.5. The van der Waals surface area contributed by atoms with Gasteiger partial charge in [0.05, 0.1) is 5.75 Å². The van der Waals surface area contributed by atoms with Gasteiger partial charge >= 0.3 is 12.4 Å². The number of primary amides is 1. The van der Waals surface area contributed by atoms with Crippen LogP contribution in [0.1, 0.15) is 35.1 Å². The van der Waals surface area contributed by atoms with E-state index in [1.807, 2.05) is 13.8 Å². The Morgan fingerprint density at radius 2 is 1.80 bits per heavy atom. The van der Waals surface area contributed by atoms with Crippen molar-refractivity contribution in [2.75, 3.05) is 30.8 Å². The van der Waals surface area contributed by atoms with Gasteiger partial charge in [-0.3, -0.25) is 14.7 Å². The fraction of sp³-hybridized carbons (Fsp3) is 0.423. The number of hydrogen-bond donors (Lipinski definition) is 2. The van der Waals surface area contributed by atoms with Crippen LogP contribution in [0.4, 0.5) is 23.7 Å². The van der Waals surface area contributed by atoms with E-state index in [-0.39, 0.29) is 49.5 Å². The first-order chi connectivity index (χ1) is 18.6. The van der Waals surface area contributed by atoms with Gasteiger partial charge in [0, 0.05) is 31.4 Å². The van der Waals surface area contributed by atoms with Crippen molar-refractivity contribution in [2.24, 2.45) is 10.7 Å². The van der Waals surface area contributed by atoms with E-state index < -0.39 is 39.6 Å². The number of rotatable bonds is 7. The molecule has 3 N–H and O–H groups in total. The maximum absolute atomic E-state index is 13.2. The number of nitrogens with two attached hydrogens (primary N) is 1. The molecule has 14 heteroatoms. The fourth-order valence-electron chi connectivity index (χ4n) is 5.01. The highest BCUT2D eigenvalue weighted by Crippen LogP contribution is 2.33. The molecule has 40 heavy (non-hydrogen) atoms. The molecule has 0 saturated carbocycles. The van der Waals surface area contributed by atoms with Crippen LogP contribution in [0.5, 0.6) is 5.75 Å². The average Bonchev–Trinajstić information content (AvgIpc) is 3.17. The standard InChI is InChI=1S/C26H30F3N5O5S/c1-16-13-19(33(3)24(30)36)14-17(2)21(16)7-12-40(37,38)34-10-8-25(9-11-34)23(35)31-22(32-25)18-5-4-6-20(15-18)39-26(27,28)29/h4-6,13-15H,7-12H2,1-3H3,(H2,30,36)(H,31,32,35). The number of anilines is 1. The lowest BCUT2D eigenvalue weighted by molar-refractivity contribution is -0.274. The lowest BCUT2D eigenvalue weighted by atomic mass is 9.89. The SMILES string of the molecule is Cc1cc(N(C)C(N)=O)cc(C)c1CCS(=O)(=O)N1CCC2(CC1)N=C(c1cccc(OC(F)(F)F)c1)NC2=O. The van der Waals surface area contributed by atoms with E-state index in [0.29, 0.717) is 5.69 Å². The molecule has 216 valence electrons. The molecule has 0 bridgehead atoms. The molecule has 0 aliphatic carbocycles. The number of amidine groups is 1. The number of aliphatic imine (C=N–C) groups is 1. The van der Waals surface area contributed by atoms with Crippen molar-refractivity contribution in [1.82, 2.24) is 9.62 Å². The average molecular weight is 582 g/mol. The number of alkyl halides is 3. The molecule has 2 aliphatic heterocycles. The number of halogens is 3. The predicted octanol–water partition coefficient (Wildman–Crippen LogP) is 3.00. The number of hydrogen-bond acceptors (Lipinski definition) is 6. The molecular formula is C26H30F3N5O5S. The van der Waals surface area contributed by atoms with E-state index in [2.05, 4.69) is 15.0 Å². The van der Waals surface area contributed by atoms with Gasteiger partial charge in [0.2, 0.25) is 10.0 Å². The van der Waals surface area contributed by atoms with Gasteiger partial charge in [0.1, 0.15) is 17.1 Å². The molecule has 10 nitrogen and oxygen atoms in total. The molecule has 4 rings (SSSR count). The van der Waals surface area contributed by atoms with Crippen molar-refractivity contribution in [3.05, 3.63) is 58.7 Å². The van der Waals surface area contributed by atoms with Crippen LogP contribution in [-0.4, -0.2) is 68.3 Å². The summed E-state index contributed by atoms with van der Waals surface area (Å²) in [6.07, 6.45) is -4.33. The summed E-state index contributed by atoms with van der Waals surface area (Å²) in [7, 11) is -2.11. The first-order valence-corrected chi connectivity index (χ1v) is 14.1. The summed E-state index contributed by atoms with van der Waals surface area (Å²) < 4.78 is 69.5. The molecule has 0 radical (unpaired) electrons. The Labute approximate surface area is 230 Å². The second kappa shape index (κ2) is 10.7. The minimum atomic E-state index is -4.86. The van der Waals surface area contributed by atoms with Gasteiger partial charge in [-0.05, 0) is 74.1 Å². The predicted molar refractivity (Wildman–Crippen MR) is 143 cm³/mol. The Morgan fingerprint density at radius 3 is 2.38 bits per heavy atom. The second-order valence-electron chi connectivity index (χ2n) is 9.94. The van der Waals surface area contributed by atoms with Gasteiger partial charge in [-0.2, -0.15) is 0 Å². The molecule has 1 saturated heterocycles. The third-order valence-electron chi connectivity index (χ3n) is 7.27. The highest BCUT2D eigenvalue weighted by molar-refractivity contribution is 7.89. The molecule has 2 aliphatic rings. The number of sulfonamides is 1. The van der Waals surface area contributed by atoms with Crippen molar-refractivity contribution < 1.29 is 35.9 Å². The van der Waals surface area contributed by atoms with Crippen LogP contribution in [0.3, 0.4) is 0 Å². The van der Waals surface area contributed by atoms with E-state index >= 15 is 0 Å². The molecule has 2 aromatic carbocycles. The number of nitrogens with zero attached hydrogens (tertiary/aromatic N) is 3. The first kappa shape index (κ1) is 29.3. The van der Waals surface area contributed by atoms with Gasteiger partial charge in [-0.25, -0.2) is 17.5 Å². The molecule has 2 heterocycles. The van der Waals surface area contributed by atoms with E-state index in [1.165, 1.54) is 21.3 Å². The summed E-state index contributed by atoms with van der Waals surface area (Å²) in [5.41, 5.74) is 7.55. The minimum absolute atomic E-state index is 0.0735. The molecule has 1 fully saturated rings. The van der Waals surface area contributed by atoms with Gasteiger partial charge in [-0.15, -0.1) is 13.2 Å². The lowest BCUT2D eigenvalue weighted by Gasteiger charge is -2.34. The second-order valence-corrected chi connectivity index (χ2v) is 12.0. The third kappa shape index (κ3) is 6.22. The van der Waals surface area contributed by atoms with Crippen LogP contribution in [-0.2, 0) is 21.2 Å². The van der Waals surface area contributed by atoms with E-state index in [0.717, 1.165) is 28.8 Å². The Kier molecular flexibility index (Phi) is 7.87. The summed E-state index contributed by atoms with van der Waals surface area (Å²) in [5, 5.41) is 2.63. The maximum atomic E-state index is 13.2. The van der Waals surface area contributed by atoms with E-state index in [9.17, 15) is 31.2 Å². The summed E-state index contributed by atoms with van der Waals surface area (Å²) in [5.74, 6) is -0.887. The van der Waals surface area contributed by atoms with Crippen LogP contribution < -0.4 is 20.7 Å². The number of nitrogens with one attached hydrogen (secondary N) is 1. The topological polar surface area (TPSA) is 134 Å². The molecule has 0 unspecified atom stereocenters. The monoisotopic (exact) mass is 581 g/mol. The third-order valence-corrected chi connectivity index (χ3v) is 9.15.